The van der Waals surface area contributed by atoms with Crippen LogP contribution in [0.1, 0.15) is 30.1 Å². The van der Waals surface area contributed by atoms with Crippen molar-refractivity contribution in [3.63, 3.8) is 0 Å². The summed E-state index contributed by atoms with van der Waals surface area (Å²) in [5, 5.41) is 2.84. The van der Waals surface area contributed by atoms with Crippen LogP contribution in [-0.4, -0.2) is 43.5 Å². The number of hydrogen-bond donors (Lipinski definition) is 1. The maximum Gasteiger partial charge on any atom is 0.337 e. The van der Waals surface area contributed by atoms with Gasteiger partial charge < -0.3 is 10.1 Å². The quantitative estimate of drug-likeness (QED) is 0.863. The van der Waals surface area contributed by atoms with Crippen molar-refractivity contribution < 1.29 is 14.3 Å². The standard InChI is InChI=1S/C16H22N2O3/c1-12-5-4-8-18(10-12)11-15(19)17-14-7-3-6-13(9-14)16(20)21-2/h3,6-7,9,12H,4-5,8,10-11H2,1-2H3,(H,17,19). The molecule has 1 aromatic rings. The Morgan fingerprint density at radius 3 is 2.95 bits per heavy atom. The third-order valence-electron chi connectivity index (χ3n) is 3.68. The summed E-state index contributed by atoms with van der Waals surface area (Å²) >= 11 is 0. The van der Waals surface area contributed by atoms with Gasteiger partial charge in [0.1, 0.15) is 0 Å². The minimum atomic E-state index is -0.407. The molecule has 1 unspecified atom stereocenters. The predicted molar refractivity (Wildman–Crippen MR) is 81.2 cm³/mol. The molecule has 0 spiro atoms. The summed E-state index contributed by atoms with van der Waals surface area (Å²) in [7, 11) is 1.34. The molecule has 1 saturated heterocycles. The zero-order valence-corrected chi connectivity index (χ0v) is 12.6. The number of piperidine rings is 1. The molecule has 1 N–H and O–H groups in total. The summed E-state index contributed by atoms with van der Waals surface area (Å²) in [5.74, 6) is 0.191. The van der Waals surface area contributed by atoms with E-state index >= 15 is 0 Å². The summed E-state index contributed by atoms with van der Waals surface area (Å²) in [6, 6.07) is 6.78. The number of nitrogens with zero attached hydrogens (tertiary/aromatic N) is 1. The van der Waals surface area contributed by atoms with Crippen LogP contribution in [-0.2, 0) is 9.53 Å². The predicted octanol–water partition coefficient (Wildman–Crippen LogP) is 2.14. The second kappa shape index (κ2) is 7.22. The molecular formula is C16H22N2O3. The van der Waals surface area contributed by atoms with E-state index in [1.807, 2.05) is 0 Å². The maximum atomic E-state index is 12.1. The number of carbonyl (C=O) groups excluding carboxylic acids is 2. The Hall–Kier alpha value is -1.88. The second-order valence-electron chi connectivity index (χ2n) is 5.60. The molecule has 0 saturated carbocycles. The van der Waals surface area contributed by atoms with Crippen LogP contribution in [0, 0.1) is 5.92 Å². The average Bonchev–Trinajstić information content (AvgIpc) is 2.46. The van der Waals surface area contributed by atoms with E-state index in [1.54, 1.807) is 24.3 Å². The monoisotopic (exact) mass is 290 g/mol. The molecular weight excluding hydrogens is 268 g/mol. The number of esters is 1. The van der Waals surface area contributed by atoms with Gasteiger partial charge in [0.25, 0.3) is 0 Å². The highest BCUT2D eigenvalue weighted by atomic mass is 16.5. The number of likely N-dealkylation sites (tertiary alicyclic amines) is 1. The molecule has 1 aliphatic rings. The van der Waals surface area contributed by atoms with Gasteiger partial charge in [0, 0.05) is 12.2 Å². The van der Waals surface area contributed by atoms with Crippen molar-refractivity contribution in [2.75, 3.05) is 32.1 Å². The van der Waals surface area contributed by atoms with E-state index < -0.39 is 5.97 Å². The number of carbonyl (C=O) groups is 2. The van der Waals surface area contributed by atoms with Gasteiger partial charge in [-0.05, 0) is 43.5 Å². The van der Waals surface area contributed by atoms with Crippen molar-refractivity contribution in [1.82, 2.24) is 4.90 Å². The molecule has 0 aromatic heterocycles. The Bertz CT molecular complexity index is 516. The second-order valence-corrected chi connectivity index (χ2v) is 5.60. The number of rotatable bonds is 4. The van der Waals surface area contributed by atoms with Crippen LogP contribution in [0.25, 0.3) is 0 Å². The summed E-state index contributed by atoms with van der Waals surface area (Å²) in [4.78, 5) is 25.7. The van der Waals surface area contributed by atoms with Gasteiger partial charge >= 0.3 is 5.97 Å². The van der Waals surface area contributed by atoms with Gasteiger partial charge in [0.05, 0.1) is 19.2 Å². The van der Waals surface area contributed by atoms with E-state index in [2.05, 4.69) is 21.9 Å². The van der Waals surface area contributed by atoms with E-state index in [0.29, 0.717) is 23.7 Å². The van der Waals surface area contributed by atoms with Gasteiger partial charge in [0.15, 0.2) is 0 Å². The molecule has 114 valence electrons. The number of nitrogens with one attached hydrogen (secondary N) is 1. The fraction of sp³-hybridized carbons (Fsp3) is 0.500. The first-order chi connectivity index (χ1) is 10.1. The molecule has 5 nitrogen and oxygen atoms in total. The first-order valence-electron chi connectivity index (χ1n) is 7.29. The van der Waals surface area contributed by atoms with Crippen LogP contribution in [0.5, 0.6) is 0 Å². The van der Waals surface area contributed by atoms with Gasteiger partial charge in [-0.3, -0.25) is 9.69 Å². The van der Waals surface area contributed by atoms with E-state index in [0.717, 1.165) is 19.5 Å². The Morgan fingerprint density at radius 2 is 2.24 bits per heavy atom. The van der Waals surface area contributed by atoms with Gasteiger partial charge in [-0.15, -0.1) is 0 Å². The summed E-state index contributed by atoms with van der Waals surface area (Å²) in [5.41, 5.74) is 1.05. The Labute approximate surface area is 125 Å². The molecule has 0 aliphatic carbocycles. The van der Waals surface area contributed by atoms with Crippen LogP contribution >= 0.6 is 0 Å². The fourth-order valence-electron chi connectivity index (χ4n) is 2.68. The molecule has 1 aromatic carbocycles. The molecule has 1 amide bonds. The highest BCUT2D eigenvalue weighted by molar-refractivity contribution is 5.95. The third-order valence-corrected chi connectivity index (χ3v) is 3.68. The highest BCUT2D eigenvalue weighted by Crippen LogP contribution is 2.16. The van der Waals surface area contributed by atoms with Crippen molar-refractivity contribution in [1.29, 1.82) is 0 Å². The van der Waals surface area contributed by atoms with Gasteiger partial charge in [-0.25, -0.2) is 4.79 Å². The highest BCUT2D eigenvalue weighted by Gasteiger charge is 2.18. The van der Waals surface area contributed by atoms with Crippen molar-refractivity contribution in [2.45, 2.75) is 19.8 Å². The fourth-order valence-corrected chi connectivity index (χ4v) is 2.68. The topological polar surface area (TPSA) is 58.6 Å². The van der Waals surface area contributed by atoms with Crippen LogP contribution in [0.4, 0.5) is 5.69 Å². The normalized spacial score (nSPS) is 19.0. The number of benzene rings is 1. The first-order valence-corrected chi connectivity index (χ1v) is 7.29. The molecule has 1 fully saturated rings. The molecule has 1 atom stereocenters. The SMILES string of the molecule is COC(=O)c1cccc(NC(=O)CN2CCCC(C)C2)c1. The van der Waals surface area contributed by atoms with E-state index in [1.165, 1.54) is 13.5 Å². The van der Waals surface area contributed by atoms with Crippen LogP contribution in [0.15, 0.2) is 24.3 Å². The maximum absolute atomic E-state index is 12.1. The van der Waals surface area contributed by atoms with E-state index in [4.69, 9.17) is 0 Å². The van der Waals surface area contributed by atoms with Gasteiger partial charge in [-0.1, -0.05) is 13.0 Å². The molecule has 1 aliphatic heterocycles. The number of amides is 1. The molecule has 1 heterocycles. The summed E-state index contributed by atoms with van der Waals surface area (Å²) in [6.45, 7) is 4.55. The zero-order valence-electron chi connectivity index (χ0n) is 12.6. The largest absolute Gasteiger partial charge is 0.465 e. The van der Waals surface area contributed by atoms with Crippen molar-refractivity contribution in [2.24, 2.45) is 5.92 Å². The molecule has 21 heavy (non-hydrogen) atoms. The van der Waals surface area contributed by atoms with Crippen molar-refractivity contribution in [3.8, 4) is 0 Å². The van der Waals surface area contributed by atoms with Gasteiger partial charge in [0.2, 0.25) is 5.91 Å². The Balaban J connectivity index is 1.91. The van der Waals surface area contributed by atoms with Crippen molar-refractivity contribution >= 4 is 17.6 Å². The lowest BCUT2D eigenvalue weighted by atomic mass is 10.0. The van der Waals surface area contributed by atoms with E-state index in [9.17, 15) is 9.59 Å². The van der Waals surface area contributed by atoms with Crippen LogP contribution in [0.3, 0.4) is 0 Å². The smallest absolute Gasteiger partial charge is 0.337 e. The lowest BCUT2D eigenvalue weighted by molar-refractivity contribution is -0.117. The minimum absolute atomic E-state index is 0.0499. The molecule has 0 bridgehead atoms. The van der Waals surface area contributed by atoms with Crippen molar-refractivity contribution in [3.05, 3.63) is 29.8 Å². The number of anilines is 1. The number of hydrogen-bond acceptors (Lipinski definition) is 4. The summed E-state index contributed by atoms with van der Waals surface area (Å²) < 4.78 is 4.67. The Kier molecular flexibility index (Phi) is 5.33. The Morgan fingerprint density at radius 1 is 1.43 bits per heavy atom. The zero-order chi connectivity index (χ0) is 15.2. The molecule has 0 radical (unpaired) electrons. The third kappa shape index (κ3) is 4.56. The molecule has 5 heteroatoms. The molecule has 2 rings (SSSR count). The van der Waals surface area contributed by atoms with Crippen LogP contribution in [0.2, 0.25) is 0 Å². The number of methoxy groups -OCH3 is 1. The van der Waals surface area contributed by atoms with E-state index in [-0.39, 0.29) is 5.91 Å². The minimum Gasteiger partial charge on any atom is -0.465 e. The lowest BCUT2D eigenvalue weighted by Gasteiger charge is -2.30. The van der Waals surface area contributed by atoms with Gasteiger partial charge in [-0.2, -0.15) is 0 Å². The average molecular weight is 290 g/mol. The lowest BCUT2D eigenvalue weighted by Crippen LogP contribution is -2.39. The number of ether oxygens (including phenoxy) is 1. The first kappa shape index (κ1) is 15.5. The summed E-state index contributed by atoms with van der Waals surface area (Å²) in [6.07, 6.45) is 2.38. The van der Waals surface area contributed by atoms with Crippen LogP contribution < -0.4 is 5.32 Å².